The zero-order valence-electron chi connectivity index (χ0n) is 26.9. The molecular weight excluding hydrogens is 917 g/mol. The number of amides is 2. The van der Waals surface area contributed by atoms with E-state index in [1.54, 1.807) is 24.4 Å². The molecule has 0 spiro atoms. The number of H-pyrrole nitrogens is 2. The van der Waals surface area contributed by atoms with Crippen molar-refractivity contribution in [2.45, 2.75) is 45.4 Å². The monoisotopic (exact) mass is 953 g/mol. The molecule has 10 N–H and O–H groups in total. The number of carbonyl (C=O) groups is 6. The number of ketones is 4. The zero-order chi connectivity index (χ0) is 37.6. The molecule has 2 amide bonds. The van der Waals surface area contributed by atoms with Crippen LogP contribution in [0, 0.1) is 0 Å². The number of halogens is 4. The SMILES string of the molecule is CCCCCC[I-]I.NC(=O)C(=O)CC(=O)C(=O)CC(=O)c1cccc(Cl)c1.NC(=O)c1cc(-c2[nH]ncc2-c2cccc(Cl)c2)n[nH]1.NN. The van der Waals surface area contributed by atoms with Gasteiger partial charge in [0.15, 0.2) is 5.78 Å². The Morgan fingerprint density at radius 2 is 1.46 bits per heavy atom. The Kier molecular flexibility index (Phi) is 21.8. The van der Waals surface area contributed by atoms with Crippen LogP contribution < -0.4 is 40.4 Å². The van der Waals surface area contributed by atoms with Gasteiger partial charge in [-0.3, -0.25) is 50.6 Å². The van der Waals surface area contributed by atoms with Gasteiger partial charge in [-0.15, -0.1) is 0 Å². The number of Topliss-reactive ketones (excluding diaryl/α,β-unsaturated/α-hetero) is 4. The molecule has 50 heavy (non-hydrogen) atoms. The van der Waals surface area contributed by atoms with Crippen molar-refractivity contribution in [3.8, 4) is 22.5 Å². The minimum absolute atomic E-state index is 0.180. The average Bonchev–Trinajstić information content (AvgIpc) is 3.79. The van der Waals surface area contributed by atoms with Crippen LogP contribution in [0.4, 0.5) is 0 Å². The van der Waals surface area contributed by atoms with Crippen molar-refractivity contribution >= 4 is 76.8 Å². The Morgan fingerprint density at radius 3 is 2.02 bits per heavy atom. The fourth-order valence-electron chi connectivity index (χ4n) is 3.84. The van der Waals surface area contributed by atoms with Gasteiger partial charge in [-0.2, -0.15) is 10.2 Å². The van der Waals surface area contributed by atoms with Crippen molar-refractivity contribution < 1.29 is 46.0 Å². The van der Waals surface area contributed by atoms with Gasteiger partial charge in [0.25, 0.3) is 11.8 Å². The standard InChI is InChI=1S/C13H10ClN5O.C13H10ClNO5.C6H13I2.H4N2/c14-8-3-1-2-7(4-8)9-6-16-19-12(9)10-5-11(13(15)20)18-17-10;14-8-3-1-2-7(4-8)9(16)5-10(17)11(18)6-12(19)13(15)20;1-2-3-4-5-6-8-7;1-2/h1-6H,(H2,15,20)(H,16,19)(H,17,18);1-4H,5-6H2,(H2,15,20);2-6H2,1H3;1-2H2/q;;-1;. The minimum atomic E-state index is -1.30. The van der Waals surface area contributed by atoms with Crippen LogP contribution >= 0.6 is 41.8 Å². The molecule has 0 unspecified atom stereocenters. The summed E-state index contributed by atoms with van der Waals surface area (Å²) in [7, 11) is 0. The summed E-state index contributed by atoms with van der Waals surface area (Å²) in [5, 5.41) is 14.5. The number of nitrogens with one attached hydrogen (secondary N) is 2. The summed E-state index contributed by atoms with van der Waals surface area (Å²) in [5.74, 6) is 2.20. The van der Waals surface area contributed by atoms with E-state index in [4.69, 9.17) is 28.9 Å². The third-order valence-electron chi connectivity index (χ3n) is 6.31. The maximum atomic E-state index is 11.7. The summed E-state index contributed by atoms with van der Waals surface area (Å²) >= 11 is 14.8. The van der Waals surface area contributed by atoms with Gasteiger partial charge in [0, 0.05) is 21.2 Å². The maximum absolute atomic E-state index is 11.7. The summed E-state index contributed by atoms with van der Waals surface area (Å²) < 4.78 is 1.53. The maximum Gasteiger partial charge on any atom is 0.285 e. The number of hydrogen-bond acceptors (Lipinski definition) is 10. The number of nitrogens with zero attached hydrogens (tertiary/aromatic N) is 2. The van der Waals surface area contributed by atoms with Gasteiger partial charge in [0.2, 0.25) is 17.3 Å². The normalized spacial score (nSPS) is 9.96. The Balaban J connectivity index is 0.000000397. The largest absolute Gasteiger partial charge is 0.364 e. The van der Waals surface area contributed by atoms with E-state index < -0.39 is 47.8 Å². The van der Waals surface area contributed by atoms with Crippen LogP contribution in [0.3, 0.4) is 0 Å². The van der Waals surface area contributed by atoms with E-state index in [-0.39, 0.29) is 11.3 Å². The molecular formula is C32H37Cl2I2N8O6-. The Labute approximate surface area is 318 Å². The number of nitrogens with two attached hydrogens (primary N) is 4. The van der Waals surface area contributed by atoms with Crippen molar-refractivity contribution in [3.05, 3.63) is 82.1 Å². The molecule has 4 aromatic rings. The smallest absolute Gasteiger partial charge is 0.285 e. The van der Waals surface area contributed by atoms with Crippen molar-refractivity contribution in [3.63, 3.8) is 0 Å². The fraction of sp³-hybridized carbons (Fsp3) is 0.250. The van der Waals surface area contributed by atoms with Gasteiger partial charge in [-0.1, -0.05) is 47.5 Å². The van der Waals surface area contributed by atoms with E-state index in [1.165, 1.54) is 48.3 Å². The molecule has 14 nitrogen and oxygen atoms in total. The second kappa shape index (κ2) is 24.6. The number of alkyl halides is 1. The second-order valence-electron chi connectivity index (χ2n) is 9.97. The number of benzene rings is 2. The minimum Gasteiger partial charge on any atom is -0.364 e. The van der Waals surface area contributed by atoms with Crippen molar-refractivity contribution in [2.75, 3.05) is 4.43 Å². The summed E-state index contributed by atoms with van der Waals surface area (Å²) in [6.45, 7) is 2.26. The van der Waals surface area contributed by atoms with Crippen LogP contribution in [0.2, 0.25) is 10.0 Å². The van der Waals surface area contributed by atoms with Crippen molar-refractivity contribution in [1.82, 2.24) is 20.4 Å². The first-order chi connectivity index (χ1) is 23.9. The van der Waals surface area contributed by atoms with Gasteiger partial charge in [-0.05, 0) is 35.9 Å². The molecule has 4 rings (SSSR count). The number of primary amides is 2. The van der Waals surface area contributed by atoms with Crippen LogP contribution in [0.1, 0.15) is 66.3 Å². The van der Waals surface area contributed by atoms with E-state index in [2.05, 4.69) is 63.4 Å². The van der Waals surface area contributed by atoms with Gasteiger partial charge >= 0.3 is 72.9 Å². The topological polar surface area (TPSA) is 264 Å². The molecule has 2 aromatic carbocycles. The molecule has 2 aromatic heterocycles. The predicted octanol–water partition coefficient (Wildman–Crippen LogP) is 1.54. The van der Waals surface area contributed by atoms with E-state index in [0.717, 1.165) is 11.1 Å². The quantitative estimate of drug-likeness (QED) is 0.0146. The van der Waals surface area contributed by atoms with E-state index >= 15 is 0 Å². The summed E-state index contributed by atoms with van der Waals surface area (Å²) in [6, 6.07) is 14.9. The van der Waals surface area contributed by atoms with E-state index in [1.807, 2.05) is 18.2 Å². The van der Waals surface area contributed by atoms with Crippen LogP contribution in [-0.2, 0) is 19.2 Å². The number of aromatic nitrogens is 4. The number of hydrogen-bond donors (Lipinski definition) is 6. The molecule has 0 saturated carbocycles. The number of unbranched alkanes of at least 4 members (excludes halogenated alkanes) is 3. The summed E-state index contributed by atoms with van der Waals surface area (Å²) in [4.78, 5) is 67.0. The Morgan fingerprint density at radius 1 is 0.820 bits per heavy atom. The number of hydrazine groups is 1. The van der Waals surface area contributed by atoms with E-state index in [0.29, 0.717) is 38.7 Å². The van der Waals surface area contributed by atoms with Crippen molar-refractivity contribution in [2.24, 2.45) is 23.2 Å². The summed E-state index contributed by atoms with van der Waals surface area (Å²) in [6.07, 6.45) is 5.85. The Bertz CT molecular complexity index is 1740. The molecule has 18 heteroatoms. The molecule has 0 aliphatic rings. The van der Waals surface area contributed by atoms with Crippen LogP contribution in [0.5, 0.6) is 0 Å². The first kappa shape index (κ1) is 44.5. The third kappa shape index (κ3) is 16.0. The Hall–Kier alpha value is -3.56. The molecule has 0 aliphatic carbocycles. The van der Waals surface area contributed by atoms with Gasteiger partial charge in [0.05, 0.1) is 24.7 Å². The molecule has 2 heterocycles. The van der Waals surface area contributed by atoms with Gasteiger partial charge in [0.1, 0.15) is 11.4 Å². The van der Waals surface area contributed by atoms with Crippen LogP contribution in [0.15, 0.2) is 60.8 Å². The first-order valence-electron chi connectivity index (χ1n) is 14.7. The molecule has 0 saturated heterocycles. The number of carbonyl (C=O) groups excluding carboxylic acids is 6. The molecule has 0 fully saturated rings. The van der Waals surface area contributed by atoms with Gasteiger partial charge in [-0.25, -0.2) is 0 Å². The van der Waals surface area contributed by atoms with Crippen molar-refractivity contribution in [1.29, 1.82) is 0 Å². The molecule has 270 valence electrons. The first-order valence-corrected chi connectivity index (χ1v) is 23.3. The zero-order valence-corrected chi connectivity index (χ0v) is 32.7. The van der Waals surface area contributed by atoms with Crippen LogP contribution in [0.25, 0.3) is 22.5 Å². The predicted molar refractivity (Wildman–Crippen MR) is 196 cm³/mol. The fourth-order valence-corrected chi connectivity index (χ4v) is 6.99. The molecule has 0 bridgehead atoms. The molecule has 0 aliphatic heterocycles. The second-order valence-corrected chi connectivity index (χ2v) is 16.4. The number of aromatic amines is 2. The molecule has 0 atom stereocenters. The average molecular weight is 954 g/mol. The molecule has 0 radical (unpaired) electrons. The number of rotatable bonds is 15. The van der Waals surface area contributed by atoms with Gasteiger partial charge < -0.3 is 11.5 Å². The summed E-state index contributed by atoms with van der Waals surface area (Å²) in [5.41, 5.74) is 13.3. The third-order valence-corrected chi connectivity index (χ3v) is 10.7. The van der Waals surface area contributed by atoms with Crippen LogP contribution in [-0.4, -0.2) is 59.8 Å². The van der Waals surface area contributed by atoms with E-state index in [9.17, 15) is 28.8 Å².